The molecule has 0 aliphatic heterocycles. The lowest BCUT2D eigenvalue weighted by molar-refractivity contribution is 0.454. The van der Waals surface area contributed by atoms with Crippen molar-refractivity contribution in [2.75, 3.05) is 0 Å². The number of aryl methyl sites for hydroxylation is 2. The van der Waals surface area contributed by atoms with Crippen LogP contribution < -0.4 is 5.73 Å². The Morgan fingerprint density at radius 1 is 1.09 bits per heavy atom. The van der Waals surface area contributed by atoms with Crippen LogP contribution in [0.15, 0.2) is 24.3 Å². The fourth-order valence-electron chi connectivity index (χ4n) is 2.21. The monoisotopic (exact) mass is 367 g/mol. The van der Waals surface area contributed by atoms with Gasteiger partial charge in [-0.2, -0.15) is 16.8 Å². The van der Waals surface area contributed by atoms with Crippen LogP contribution in [-0.4, -0.2) is 32.0 Å². The molecule has 1 aromatic rings. The molecule has 1 rings (SSSR count). The van der Waals surface area contributed by atoms with Crippen LogP contribution in [0.25, 0.3) is 0 Å². The molecule has 0 saturated carbocycles. The van der Waals surface area contributed by atoms with E-state index in [4.69, 9.17) is 10.3 Å². The third kappa shape index (κ3) is 7.38. The molecule has 132 valence electrons. The molecular formula is C14H22FNO5S2. The lowest BCUT2D eigenvalue weighted by Gasteiger charge is -2.14. The predicted octanol–water partition coefficient (Wildman–Crippen LogP) is 1.94. The zero-order valence-electron chi connectivity index (χ0n) is 12.9. The Hall–Kier alpha value is -1.03. The van der Waals surface area contributed by atoms with Crippen LogP contribution in [0.3, 0.4) is 0 Å². The van der Waals surface area contributed by atoms with Crippen LogP contribution in [-0.2, 0) is 26.8 Å². The average Bonchev–Trinajstić information content (AvgIpc) is 2.41. The van der Waals surface area contributed by atoms with Crippen LogP contribution in [0.4, 0.5) is 3.89 Å². The zero-order valence-corrected chi connectivity index (χ0v) is 14.5. The van der Waals surface area contributed by atoms with Crippen molar-refractivity contribution < 1.29 is 25.3 Å². The second-order valence-corrected chi connectivity index (χ2v) is 8.86. The van der Waals surface area contributed by atoms with Gasteiger partial charge in [-0.1, -0.05) is 29.8 Å². The summed E-state index contributed by atoms with van der Waals surface area (Å²) in [4.78, 5) is 0. The van der Waals surface area contributed by atoms with E-state index in [1.54, 1.807) is 0 Å². The highest BCUT2D eigenvalue weighted by molar-refractivity contribution is 7.87. The molecule has 0 aromatic heterocycles. The molecule has 0 spiro atoms. The Labute approximate surface area is 136 Å². The van der Waals surface area contributed by atoms with Gasteiger partial charge in [0.15, 0.2) is 0 Å². The van der Waals surface area contributed by atoms with E-state index in [0.29, 0.717) is 12.8 Å². The van der Waals surface area contributed by atoms with E-state index in [9.17, 15) is 20.7 Å². The highest BCUT2D eigenvalue weighted by Gasteiger charge is 2.27. The maximum atomic E-state index is 13.3. The summed E-state index contributed by atoms with van der Waals surface area (Å²) in [7, 11) is -9.25. The Morgan fingerprint density at radius 2 is 1.65 bits per heavy atom. The fraction of sp³-hybridized carbons (Fsp3) is 0.571. The van der Waals surface area contributed by atoms with Gasteiger partial charge < -0.3 is 5.73 Å². The Kier molecular flexibility index (Phi) is 7.12. The predicted molar refractivity (Wildman–Crippen MR) is 86.7 cm³/mol. The fourth-order valence-corrected chi connectivity index (χ4v) is 3.51. The molecule has 3 N–H and O–H groups in total. The van der Waals surface area contributed by atoms with E-state index in [0.717, 1.165) is 11.1 Å². The van der Waals surface area contributed by atoms with Crippen molar-refractivity contribution in [3.63, 3.8) is 0 Å². The molecule has 1 aromatic carbocycles. The second kappa shape index (κ2) is 8.18. The number of rotatable bonds is 9. The van der Waals surface area contributed by atoms with Crippen LogP contribution in [0.2, 0.25) is 0 Å². The molecule has 0 fully saturated rings. The highest BCUT2D eigenvalue weighted by Crippen LogP contribution is 2.20. The molecule has 2 unspecified atom stereocenters. The topological polar surface area (TPSA) is 115 Å². The minimum Gasteiger partial charge on any atom is -0.313 e. The van der Waals surface area contributed by atoms with Crippen molar-refractivity contribution in [3.05, 3.63) is 35.4 Å². The van der Waals surface area contributed by atoms with Crippen LogP contribution in [0.1, 0.15) is 36.8 Å². The number of nitrogens with two attached hydrogens (primary N) is 1. The summed E-state index contributed by atoms with van der Waals surface area (Å²) < 4.78 is 66.0. The zero-order chi connectivity index (χ0) is 17.7. The molecule has 9 heteroatoms. The van der Waals surface area contributed by atoms with Gasteiger partial charge >= 0.3 is 10.2 Å². The van der Waals surface area contributed by atoms with Crippen molar-refractivity contribution in [1.82, 2.24) is 0 Å². The molecule has 0 amide bonds. The van der Waals surface area contributed by atoms with Gasteiger partial charge in [-0.3, -0.25) is 4.55 Å². The van der Waals surface area contributed by atoms with Gasteiger partial charge in [0.25, 0.3) is 10.1 Å². The van der Waals surface area contributed by atoms with Crippen molar-refractivity contribution in [2.45, 2.75) is 49.7 Å². The first kappa shape index (κ1) is 20.0. The molecule has 0 bridgehead atoms. The minimum atomic E-state index is -4.80. The maximum Gasteiger partial charge on any atom is 0.305 e. The lowest BCUT2D eigenvalue weighted by atomic mass is 10.0. The first-order valence-electron chi connectivity index (χ1n) is 7.21. The van der Waals surface area contributed by atoms with E-state index in [-0.39, 0.29) is 19.3 Å². The van der Waals surface area contributed by atoms with E-state index >= 15 is 0 Å². The molecule has 0 aliphatic carbocycles. The molecule has 0 saturated heterocycles. The van der Waals surface area contributed by atoms with Crippen molar-refractivity contribution in [3.8, 4) is 0 Å². The minimum absolute atomic E-state index is 0.0604. The molecule has 0 aliphatic rings. The van der Waals surface area contributed by atoms with Crippen molar-refractivity contribution >= 4 is 20.3 Å². The van der Waals surface area contributed by atoms with E-state index in [1.807, 2.05) is 31.2 Å². The Balaban J connectivity index is 2.57. The summed E-state index contributed by atoms with van der Waals surface area (Å²) >= 11 is 0. The molecule has 0 radical (unpaired) electrons. The number of hydrogen-bond acceptors (Lipinski definition) is 5. The summed E-state index contributed by atoms with van der Waals surface area (Å²) in [5.41, 5.74) is 7.34. The van der Waals surface area contributed by atoms with Gasteiger partial charge in [-0.15, -0.1) is 3.89 Å². The standard InChI is InChI=1S/C14H22FNO5S2/c1-11-5-7-12(8-6-11)3-2-4-13(22(15,17)18)9-10-14(16)23(19,20)21/h5-8,13-14H,2-4,9-10,16H2,1H3,(H,19,20,21). The molecule has 0 heterocycles. The Morgan fingerprint density at radius 3 is 2.13 bits per heavy atom. The highest BCUT2D eigenvalue weighted by atomic mass is 32.3. The summed E-state index contributed by atoms with van der Waals surface area (Å²) in [5.74, 6) is 0. The van der Waals surface area contributed by atoms with Crippen molar-refractivity contribution in [1.29, 1.82) is 0 Å². The van der Waals surface area contributed by atoms with Gasteiger partial charge in [0.2, 0.25) is 0 Å². The molecule has 6 nitrogen and oxygen atoms in total. The summed E-state index contributed by atoms with van der Waals surface area (Å²) in [6, 6.07) is 7.71. The van der Waals surface area contributed by atoms with Gasteiger partial charge in [0.05, 0.1) is 5.25 Å². The Bertz CT molecular complexity index is 701. The lowest BCUT2D eigenvalue weighted by Crippen LogP contribution is -2.32. The SMILES string of the molecule is Cc1ccc(CCCC(CCC(N)S(=O)(=O)O)S(=O)(=O)F)cc1. The van der Waals surface area contributed by atoms with Crippen LogP contribution >= 0.6 is 0 Å². The molecule has 2 atom stereocenters. The van der Waals surface area contributed by atoms with Gasteiger partial charge in [0.1, 0.15) is 5.37 Å². The summed E-state index contributed by atoms with van der Waals surface area (Å²) in [6.07, 6.45) is 0.518. The van der Waals surface area contributed by atoms with E-state index in [2.05, 4.69) is 0 Å². The van der Waals surface area contributed by atoms with Gasteiger partial charge in [0, 0.05) is 0 Å². The van der Waals surface area contributed by atoms with E-state index < -0.39 is 31.0 Å². The first-order valence-corrected chi connectivity index (χ1v) is 10.2. The second-order valence-electron chi connectivity index (χ2n) is 5.61. The maximum absolute atomic E-state index is 13.3. The van der Waals surface area contributed by atoms with Crippen molar-refractivity contribution in [2.24, 2.45) is 5.73 Å². The number of benzene rings is 1. The largest absolute Gasteiger partial charge is 0.313 e. The summed E-state index contributed by atoms with van der Waals surface area (Å²) in [5, 5.41) is -2.93. The van der Waals surface area contributed by atoms with E-state index in [1.165, 1.54) is 0 Å². The number of hydrogen-bond donors (Lipinski definition) is 2. The molecular weight excluding hydrogens is 345 g/mol. The van der Waals surface area contributed by atoms with Gasteiger partial charge in [-0.05, 0) is 44.6 Å². The first-order chi connectivity index (χ1) is 10.5. The smallest absolute Gasteiger partial charge is 0.305 e. The normalized spacial score (nSPS) is 15.3. The molecule has 23 heavy (non-hydrogen) atoms. The quantitative estimate of drug-likeness (QED) is 0.509. The number of halogens is 1. The van der Waals surface area contributed by atoms with Gasteiger partial charge in [-0.25, -0.2) is 0 Å². The van der Waals surface area contributed by atoms with Crippen LogP contribution in [0.5, 0.6) is 0 Å². The average molecular weight is 367 g/mol. The van der Waals surface area contributed by atoms with Crippen LogP contribution in [0, 0.1) is 6.92 Å². The third-order valence-electron chi connectivity index (χ3n) is 3.67. The summed E-state index contributed by atoms with van der Waals surface area (Å²) in [6.45, 7) is 1.95. The third-order valence-corrected chi connectivity index (χ3v) is 5.93.